The second-order valence-electron chi connectivity index (χ2n) is 2.13. The molecule has 2 rings (SSSR count). The van der Waals surface area contributed by atoms with E-state index < -0.39 is 0 Å². The van der Waals surface area contributed by atoms with Gasteiger partial charge in [0.15, 0.2) is 4.73 Å². The van der Waals surface area contributed by atoms with Crippen LogP contribution in [0.25, 0.3) is 5.82 Å². The zero-order chi connectivity index (χ0) is 8.39. The van der Waals surface area contributed by atoms with Gasteiger partial charge in [0.05, 0.1) is 0 Å². The smallest absolute Gasteiger partial charge is 0.182 e. The van der Waals surface area contributed by atoms with Crippen molar-refractivity contribution in [3.63, 3.8) is 0 Å². The maximum atomic E-state index is 4.06. The Kier molecular flexibility index (Phi) is 1.87. The Morgan fingerprint density at radius 1 is 1.25 bits per heavy atom. The number of hydrogen-bond donors (Lipinski definition) is 0. The van der Waals surface area contributed by atoms with Gasteiger partial charge in [0.1, 0.15) is 12.1 Å². The van der Waals surface area contributed by atoms with Crippen molar-refractivity contribution in [3.05, 3.63) is 35.7 Å². The minimum atomic E-state index is 0.737. The van der Waals surface area contributed by atoms with Gasteiger partial charge in [-0.2, -0.15) is 0 Å². The minimum absolute atomic E-state index is 0.737. The van der Waals surface area contributed by atoms with Gasteiger partial charge in [0.2, 0.25) is 0 Å². The average Bonchev–Trinajstić information content (AvgIpc) is 2.53. The van der Waals surface area contributed by atoms with Crippen LogP contribution in [0.15, 0.2) is 35.7 Å². The molecule has 0 aliphatic rings. The summed E-state index contributed by atoms with van der Waals surface area (Å²) in [5.74, 6) is 0.800. The first-order chi connectivity index (χ1) is 5.88. The summed E-state index contributed by atoms with van der Waals surface area (Å²) in [6.07, 6.45) is 6.72. The Balaban J connectivity index is 2.51. The standard InChI is InChI=1S/C7H5BrN4/c8-7-10-3-4-12(7)6-1-2-9-5-11-6/h1-5H. The lowest BCUT2D eigenvalue weighted by Gasteiger charge is -1.99. The first kappa shape index (κ1) is 7.42. The maximum Gasteiger partial charge on any atom is 0.182 e. The van der Waals surface area contributed by atoms with Crippen molar-refractivity contribution in [2.45, 2.75) is 0 Å². The summed E-state index contributed by atoms with van der Waals surface area (Å²) in [7, 11) is 0. The molecular formula is C7H5BrN4. The predicted octanol–water partition coefficient (Wildman–Crippen LogP) is 1.42. The zero-order valence-corrected chi connectivity index (χ0v) is 7.64. The fourth-order valence-corrected chi connectivity index (χ4v) is 1.30. The van der Waals surface area contributed by atoms with Gasteiger partial charge in [-0.25, -0.2) is 15.0 Å². The normalized spacial score (nSPS) is 10.1. The van der Waals surface area contributed by atoms with E-state index in [1.807, 2.05) is 16.8 Å². The van der Waals surface area contributed by atoms with Crippen molar-refractivity contribution in [2.75, 3.05) is 0 Å². The summed E-state index contributed by atoms with van der Waals surface area (Å²) in [6, 6.07) is 1.81. The maximum absolute atomic E-state index is 4.06. The Bertz CT molecular complexity index is 370. The molecule has 0 aliphatic carbocycles. The van der Waals surface area contributed by atoms with E-state index >= 15 is 0 Å². The van der Waals surface area contributed by atoms with Crippen LogP contribution in [0.2, 0.25) is 0 Å². The molecule has 0 aliphatic heterocycles. The molecule has 5 heteroatoms. The molecule has 0 radical (unpaired) electrons. The Labute approximate surface area is 77.4 Å². The van der Waals surface area contributed by atoms with E-state index in [1.165, 1.54) is 6.33 Å². The Morgan fingerprint density at radius 2 is 2.17 bits per heavy atom. The van der Waals surface area contributed by atoms with Gasteiger partial charge in [0, 0.05) is 18.6 Å². The van der Waals surface area contributed by atoms with Crippen LogP contribution in [0.4, 0.5) is 0 Å². The van der Waals surface area contributed by atoms with Gasteiger partial charge >= 0.3 is 0 Å². The van der Waals surface area contributed by atoms with Crippen LogP contribution in [0.5, 0.6) is 0 Å². The van der Waals surface area contributed by atoms with Crippen LogP contribution in [0, 0.1) is 0 Å². The summed E-state index contributed by atoms with van der Waals surface area (Å²) in [4.78, 5) is 11.9. The molecule has 0 N–H and O–H groups in total. The van der Waals surface area contributed by atoms with Crippen LogP contribution in [0.3, 0.4) is 0 Å². The van der Waals surface area contributed by atoms with Crippen LogP contribution >= 0.6 is 15.9 Å². The molecular weight excluding hydrogens is 220 g/mol. The Hall–Kier alpha value is -1.23. The van der Waals surface area contributed by atoms with Crippen molar-refractivity contribution in [1.82, 2.24) is 19.5 Å². The van der Waals surface area contributed by atoms with Crippen molar-refractivity contribution >= 4 is 15.9 Å². The summed E-state index contributed by atoms with van der Waals surface area (Å²) < 4.78 is 2.56. The highest BCUT2D eigenvalue weighted by Gasteiger charge is 2.00. The lowest BCUT2D eigenvalue weighted by atomic mass is 10.6. The monoisotopic (exact) mass is 224 g/mol. The largest absolute Gasteiger partial charge is 0.278 e. The molecule has 0 unspecified atom stereocenters. The summed E-state index contributed by atoms with van der Waals surface area (Å²) in [5, 5.41) is 0. The molecule has 4 nitrogen and oxygen atoms in total. The van der Waals surface area contributed by atoms with E-state index in [0.29, 0.717) is 0 Å². The van der Waals surface area contributed by atoms with Crippen LogP contribution in [0.1, 0.15) is 0 Å². The van der Waals surface area contributed by atoms with Crippen LogP contribution < -0.4 is 0 Å². The quantitative estimate of drug-likeness (QED) is 0.737. The summed E-state index contributed by atoms with van der Waals surface area (Å²) in [6.45, 7) is 0. The molecule has 0 atom stereocenters. The number of imidazole rings is 1. The second kappa shape index (κ2) is 3.02. The highest BCUT2D eigenvalue weighted by atomic mass is 79.9. The third kappa shape index (κ3) is 1.23. The van der Waals surface area contributed by atoms with Crippen molar-refractivity contribution in [1.29, 1.82) is 0 Å². The fraction of sp³-hybridized carbons (Fsp3) is 0. The van der Waals surface area contributed by atoms with Crippen LogP contribution in [-0.2, 0) is 0 Å². The lowest BCUT2D eigenvalue weighted by molar-refractivity contribution is 0.943. The number of rotatable bonds is 1. The average molecular weight is 225 g/mol. The number of nitrogens with zero attached hydrogens (tertiary/aromatic N) is 4. The molecule has 2 aromatic heterocycles. The van der Waals surface area contributed by atoms with Gasteiger partial charge in [0.25, 0.3) is 0 Å². The Morgan fingerprint density at radius 3 is 2.75 bits per heavy atom. The van der Waals surface area contributed by atoms with Gasteiger partial charge in [-0.05, 0) is 22.0 Å². The van der Waals surface area contributed by atoms with Crippen molar-refractivity contribution in [2.24, 2.45) is 0 Å². The zero-order valence-electron chi connectivity index (χ0n) is 6.05. The minimum Gasteiger partial charge on any atom is -0.278 e. The van der Waals surface area contributed by atoms with Crippen molar-refractivity contribution in [3.8, 4) is 5.82 Å². The molecule has 0 saturated carbocycles. The second-order valence-corrected chi connectivity index (χ2v) is 2.84. The molecule has 0 bridgehead atoms. The first-order valence-electron chi connectivity index (χ1n) is 3.33. The number of halogens is 1. The number of aromatic nitrogens is 4. The molecule has 0 saturated heterocycles. The van der Waals surface area contributed by atoms with E-state index in [-0.39, 0.29) is 0 Å². The van der Waals surface area contributed by atoms with E-state index in [0.717, 1.165) is 10.6 Å². The van der Waals surface area contributed by atoms with Crippen molar-refractivity contribution < 1.29 is 0 Å². The summed E-state index contributed by atoms with van der Waals surface area (Å²) >= 11 is 3.29. The third-order valence-corrected chi connectivity index (χ3v) is 2.00. The molecule has 2 aromatic rings. The molecule has 0 spiro atoms. The number of hydrogen-bond acceptors (Lipinski definition) is 3. The summed E-state index contributed by atoms with van der Waals surface area (Å²) in [5.41, 5.74) is 0. The van der Waals surface area contributed by atoms with Gasteiger partial charge in [-0.1, -0.05) is 0 Å². The van der Waals surface area contributed by atoms with E-state index in [1.54, 1.807) is 12.4 Å². The highest BCUT2D eigenvalue weighted by Crippen LogP contribution is 2.11. The predicted molar refractivity (Wildman–Crippen MR) is 46.9 cm³/mol. The van der Waals surface area contributed by atoms with E-state index in [2.05, 4.69) is 30.9 Å². The molecule has 60 valence electrons. The molecule has 12 heavy (non-hydrogen) atoms. The van der Waals surface area contributed by atoms with Gasteiger partial charge in [-0.3, -0.25) is 4.57 Å². The lowest BCUT2D eigenvalue weighted by Crippen LogP contribution is -1.95. The van der Waals surface area contributed by atoms with Gasteiger partial charge < -0.3 is 0 Å². The molecule has 0 fully saturated rings. The fourth-order valence-electron chi connectivity index (χ4n) is 0.882. The van der Waals surface area contributed by atoms with Gasteiger partial charge in [-0.15, -0.1) is 0 Å². The first-order valence-corrected chi connectivity index (χ1v) is 4.12. The molecule has 0 amide bonds. The third-order valence-electron chi connectivity index (χ3n) is 1.41. The topological polar surface area (TPSA) is 43.6 Å². The molecule has 2 heterocycles. The van der Waals surface area contributed by atoms with Crippen LogP contribution in [-0.4, -0.2) is 19.5 Å². The van der Waals surface area contributed by atoms with E-state index in [4.69, 9.17) is 0 Å². The highest BCUT2D eigenvalue weighted by molar-refractivity contribution is 9.10. The SMILES string of the molecule is Brc1nccn1-c1ccncn1. The molecule has 0 aromatic carbocycles. The van der Waals surface area contributed by atoms with E-state index in [9.17, 15) is 0 Å².